The van der Waals surface area contributed by atoms with Gasteiger partial charge in [-0.2, -0.15) is 0 Å². The van der Waals surface area contributed by atoms with Crippen molar-refractivity contribution in [1.29, 1.82) is 0 Å². The van der Waals surface area contributed by atoms with E-state index in [0.717, 1.165) is 5.56 Å². The zero-order valence-electron chi connectivity index (χ0n) is 12.4. The van der Waals surface area contributed by atoms with Gasteiger partial charge in [-0.15, -0.1) is 0 Å². The number of nitro groups is 1. The molecular formula is C19H11NO4. The summed E-state index contributed by atoms with van der Waals surface area (Å²) < 4.78 is 5.39. The predicted octanol–water partition coefficient (Wildman–Crippen LogP) is 4.52. The van der Waals surface area contributed by atoms with Gasteiger partial charge >= 0.3 is 5.63 Å². The van der Waals surface area contributed by atoms with E-state index in [4.69, 9.17) is 4.42 Å². The molecule has 0 aliphatic heterocycles. The number of rotatable bonds is 2. The Kier molecular flexibility index (Phi) is 3.13. The molecule has 4 rings (SSSR count). The highest BCUT2D eigenvalue weighted by atomic mass is 16.6. The quantitative estimate of drug-likeness (QED) is 0.236. The summed E-state index contributed by atoms with van der Waals surface area (Å²) in [4.78, 5) is 23.2. The lowest BCUT2D eigenvalue weighted by Crippen LogP contribution is -2.03. The molecule has 4 aromatic rings. The number of non-ortho nitro benzene ring substituents is 1. The maximum absolute atomic E-state index is 12.3. The van der Waals surface area contributed by atoms with Crippen LogP contribution in [0.3, 0.4) is 0 Å². The topological polar surface area (TPSA) is 73.3 Å². The highest BCUT2D eigenvalue weighted by Gasteiger charge is 2.18. The number of benzene rings is 3. The van der Waals surface area contributed by atoms with Crippen molar-refractivity contribution >= 4 is 27.4 Å². The average molecular weight is 317 g/mol. The van der Waals surface area contributed by atoms with Crippen LogP contribution in [0, 0.1) is 10.1 Å². The maximum Gasteiger partial charge on any atom is 0.344 e. The van der Waals surface area contributed by atoms with Gasteiger partial charge in [0, 0.05) is 5.39 Å². The van der Waals surface area contributed by atoms with Gasteiger partial charge in [0.2, 0.25) is 0 Å². The molecule has 0 N–H and O–H groups in total. The van der Waals surface area contributed by atoms with Crippen LogP contribution >= 0.6 is 0 Å². The normalized spacial score (nSPS) is 11.0. The van der Waals surface area contributed by atoms with E-state index in [1.165, 1.54) is 6.07 Å². The van der Waals surface area contributed by atoms with Gasteiger partial charge in [0.1, 0.15) is 5.58 Å². The summed E-state index contributed by atoms with van der Waals surface area (Å²) in [5.74, 6) is 0. The van der Waals surface area contributed by atoms with Gasteiger partial charge in [-0.3, -0.25) is 10.1 Å². The molecule has 0 saturated carbocycles. The second-order valence-corrected chi connectivity index (χ2v) is 5.42. The largest absolute Gasteiger partial charge is 0.422 e. The Morgan fingerprint density at radius 1 is 0.833 bits per heavy atom. The lowest BCUT2D eigenvalue weighted by Gasteiger charge is -2.06. The first-order valence-corrected chi connectivity index (χ1v) is 7.34. The minimum atomic E-state index is -0.515. The van der Waals surface area contributed by atoms with E-state index in [1.807, 2.05) is 30.3 Å². The summed E-state index contributed by atoms with van der Waals surface area (Å²) >= 11 is 0. The zero-order valence-corrected chi connectivity index (χ0v) is 12.4. The summed E-state index contributed by atoms with van der Waals surface area (Å²) in [6.07, 6.45) is 0. The number of hydrogen-bond acceptors (Lipinski definition) is 4. The SMILES string of the molecule is O=c1oc2cc([N+](=O)[O-])c3ccccc3c2cc1-c1ccccc1. The van der Waals surface area contributed by atoms with Crippen molar-refractivity contribution in [2.75, 3.05) is 0 Å². The van der Waals surface area contributed by atoms with Crippen LogP contribution in [0.1, 0.15) is 0 Å². The Hall–Kier alpha value is -3.47. The molecule has 0 aliphatic carbocycles. The third-order valence-corrected chi connectivity index (χ3v) is 4.02. The molecule has 0 amide bonds. The predicted molar refractivity (Wildman–Crippen MR) is 92.1 cm³/mol. The fourth-order valence-corrected chi connectivity index (χ4v) is 2.92. The number of fused-ring (bicyclic) bond motifs is 3. The van der Waals surface area contributed by atoms with Gasteiger partial charge in [0.05, 0.1) is 21.9 Å². The van der Waals surface area contributed by atoms with E-state index in [9.17, 15) is 14.9 Å². The Bertz CT molecular complexity index is 1150. The lowest BCUT2D eigenvalue weighted by molar-refractivity contribution is -0.383. The summed E-state index contributed by atoms with van der Waals surface area (Å²) in [6, 6.07) is 19.3. The Morgan fingerprint density at radius 2 is 1.50 bits per heavy atom. The smallest absolute Gasteiger partial charge is 0.344 e. The highest BCUT2D eigenvalue weighted by molar-refractivity contribution is 6.10. The average Bonchev–Trinajstić information content (AvgIpc) is 2.61. The molecule has 0 atom stereocenters. The van der Waals surface area contributed by atoms with Crippen molar-refractivity contribution in [2.45, 2.75) is 0 Å². The van der Waals surface area contributed by atoms with Gasteiger partial charge in [-0.05, 0) is 23.1 Å². The maximum atomic E-state index is 12.3. The van der Waals surface area contributed by atoms with Crippen molar-refractivity contribution in [2.24, 2.45) is 0 Å². The van der Waals surface area contributed by atoms with E-state index in [2.05, 4.69) is 0 Å². The van der Waals surface area contributed by atoms with Crippen molar-refractivity contribution < 1.29 is 9.34 Å². The second kappa shape index (κ2) is 5.31. The molecule has 24 heavy (non-hydrogen) atoms. The standard InChI is InChI=1S/C19H11NO4/c21-19-15(12-6-2-1-3-7-12)10-16-13-8-4-5-9-14(13)17(20(22)23)11-18(16)24-19/h1-11H. The summed E-state index contributed by atoms with van der Waals surface area (Å²) in [5, 5.41) is 13.2. The first kappa shape index (κ1) is 14.1. The van der Waals surface area contributed by atoms with Crippen molar-refractivity contribution in [1.82, 2.24) is 0 Å². The van der Waals surface area contributed by atoms with Gasteiger partial charge in [-0.1, -0.05) is 48.5 Å². The summed E-state index contributed by atoms with van der Waals surface area (Å²) in [6.45, 7) is 0. The summed E-state index contributed by atoms with van der Waals surface area (Å²) in [7, 11) is 0. The molecule has 5 nitrogen and oxygen atoms in total. The van der Waals surface area contributed by atoms with Crippen LogP contribution in [0.2, 0.25) is 0 Å². The molecule has 5 heteroatoms. The van der Waals surface area contributed by atoms with Crippen LogP contribution in [-0.2, 0) is 0 Å². The van der Waals surface area contributed by atoms with Gasteiger partial charge in [0.25, 0.3) is 5.69 Å². The molecular weight excluding hydrogens is 306 g/mol. The molecule has 0 aliphatic rings. The first-order chi connectivity index (χ1) is 11.6. The van der Waals surface area contributed by atoms with Crippen LogP contribution in [0.5, 0.6) is 0 Å². The zero-order chi connectivity index (χ0) is 16.7. The molecule has 0 saturated heterocycles. The first-order valence-electron chi connectivity index (χ1n) is 7.34. The molecule has 116 valence electrons. The Labute approximate surface area is 135 Å². The highest BCUT2D eigenvalue weighted by Crippen LogP contribution is 2.34. The Morgan fingerprint density at radius 3 is 2.21 bits per heavy atom. The van der Waals surface area contributed by atoms with Crippen molar-refractivity contribution in [3.8, 4) is 11.1 Å². The number of nitro benzene ring substituents is 1. The molecule has 0 fully saturated rings. The van der Waals surface area contributed by atoms with E-state index >= 15 is 0 Å². The van der Waals surface area contributed by atoms with Crippen LogP contribution in [0.25, 0.3) is 32.9 Å². The molecule has 0 unspecified atom stereocenters. The third kappa shape index (κ3) is 2.14. The minimum absolute atomic E-state index is 0.0753. The fraction of sp³-hybridized carbons (Fsp3) is 0. The van der Waals surface area contributed by atoms with E-state index in [1.54, 1.807) is 30.3 Å². The number of nitrogens with zero attached hydrogens (tertiary/aromatic N) is 1. The van der Waals surface area contributed by atoms with Crippen molar-refractivity contribution in [3.05, 3.63) is 87.3 Å². The lowest BCUT2D eigenvalue weighted by atomic mass is 10.0. The van der Waals surface area contributed by atoms with Crippen LogP contribution in [-0.4, -0.2) is 4.92 Å². The molecule has 0 radical (unpaired) electrons. The van der Waals surface area contributed by atoms with Crippen LogP contribution in [0.4, 0.5) is 5.69 Å². The minimum Gasteiger partial charge on any atom is -0.422 e. The third-order valence-electron chi connectivity index (χ3n) is 4.02. The monoisotopic (exact) mass is 317 g/mol. The fourth-order valence-electron chi connectivity index (χ4n) is 2.92. The van der Waals surface area contributed by atoms with E-state index in [0.29, 0.717) is 21.7 Å². The van der Waals surface area contributed by atoms with Gasteiger partial charge in [0.15, 0.2) is 0 Å². The molecule has 1 aromatic heterocycles. The van der Waals surface area contributed by atoms with Crippen molar-refractivity contribution in [3.63, 3.8) is 0 Å². The Balaban J connectivity index is 2.14. The van der Waals surface area contributed by atoms with Crippen LogP contribution in [0.15, 0.2) is 75.9 Å². The summed E-state index contributed by atoms with van der Waals surface area (Å²) in [5.41, 5.74) is 0.801. The van der Waals surface area contributed by atoms with Gasteiger partial charge in [-0.25, -0.2) is 4.79 Å². The van der Waals surface area contributed by atoms with E-state index in [-0.39, 0.29) is 11.3 Å². The van der Waals surface area contributed by atoms with Gasteiger partial charge < -0.3 is 4.42 Å². The molecule has 1 heterocycles. The van der Waals surface area contributed by atoms with E-state index < -0.39 is 10.5 Å². The molecule has 3 aromatic carbocycles. The number of hydrogen-bond donors (Lipinski definition) is 0. The molecule has 0 bridgehead atoms. The second-order valence-electron chi connectivity index (χ2n) is 5.42. The van der Waals surface area contributed by atoms with Crippen LogP contribution < -0.4 is 5.63 Å². The molecule has 0 spiro atoms.